The molecule has 1 saturated heterocycles. The van der Waals surface area contributed by atoms with Crippen LogP contribution in [0.4, 0.5) is 0 Å². The molecule has 1 aliphatic heterocycles. The molecule has 0 bridgehead atoms. The van der Waals surface area contributed by atoms with E-state index in [0.717, 1.165) is 32.5 Å². The predicted molar refractivity (Wildman–Crippen MR) is 122 cm³/mol. The molecule has 1 rings (SSSR count). The van der Waals surface area contributed by atoms with Crippen LogP contribution in [0.2, 0.25) is 0 Å². The highest BCUT2D eigenvalue weighted by Gasteiger charge is 2.22. The van der Waals surface area contributed by atoms with Crippen LogP contribution in [0.1, 0.15) is 40.0 Å². The first-order chi connectivity index (χ1) is 15.0. The maximum atomic E-state index is 11.3. The van der Waals surface area contributed by atoms with Crippen LogP contribution in [0.3, 0.4) is 0 Å². The monoisotopic (exact) mass is 458 g/mol. The second-order valence-electron chi connectivity index (χ2n) is 9.51. The van der Waals surface area contributed by atoms with Crippen molar-refractivity contribution in [3.8, 4) is 0 Å². The number of carboxylic acids is 3. The fourth-order valence-corrected chi connectivity index (χ4v) is 3.97. The molecule has 1 fully saturated rings. The summed E-state index contributed by atoms with van der Waals surface area (Å²) in [6.45, 7) is 12.2. The van der Waals surface area contributed by atoms with E-state index in [-0.39, 0.29) is 25.0 Å². The van der Waals surface area contributed by atoms with Crippen molar-refractivity contribution in [2.75, 3.05) is 78.5 Å². The molecule has 0 aromatic heterocycles. The molecule has 0 aliphatic carbocycles. The van der Waals surface area contributed by atoms with E-state index in [1.807, 2.05) is 9.80 Å². The van der Waals surface area contributed by atoms with E-state index in [1.165, 1.54) is 0 Å². The Kier molecular flexibility index (Phi) is 12.7. The molecule has 0 atom stereocenters. The summed E-state index contributed by atoms with van der Waals surface area (Å²) >= 11 is 0. The van der Waals surface area contributed by atoms with Gasteiger partial charge < -0.3 is 20.2 Å². The number of nitrogens with zero attached hydrogens (tertiary/aromatic N) is 4. The molecule has 186 valence electrons. The summed E-state index contributed by atoms with van der Waals surface area (Å²) in [5.41, 5.74) is 0.140. The maximum absolute atomic E-state index is 11.3. The average Bonchev–Trinajstić information content (AvgIpc) is 2.67. The Morgan fingerprint density at radius 2 is 0.938 bits per heavy atom. The summed E-state index contributed by atoms with van der Waals surface area (Å²) in [5.74, 6) is -2.67. The zero-order chi connectivity index (χ0) is 24.1. The minimum atomic E-state index is -0.924. The molecule has 0 amide bonds. The van der Waals surface area contributed by atoms with Gasteiger partial charge in [-0.2, -0.15) is 0 Å². The number of carbonyl (C=O) groups is 3. The first-order valence-electron chi connectivity index (χ1n) is 11.6. The standard InChI is InChI=1S/C22H42N4O6/c1-4-22(2,3)18-26-10-6-9-24(16-20(29)30)12-11-23(15-19(27)28)7-5-8-25(13-14-26)17-21(31)32/h4-18H2,1-3H3,(H,27,28)(H,29,30)(H,31,32). The average molecular weight is 459 g/mol. The van der Waals surface area contributed by atoms with Crippen molar-refractivity contribution in [2.45, 2.75) is 40.0 Å². The van der Waals surface area contributed by atoms with Gasteiger partial charge in [0.05, 0.1) is 19.6 Å². The van der Waals surface area contributed by atoms with Gasteiger partial charge in [0.25, 0.3) is 0 Å². The van der Waals surface area contributed by atoms with Gasteiger partial charge >= 0.3 is 17.9 Å². The highest BCUT2D eigenvalue weighted by Crippen LogP contribution is 2.21. The maximum Gasteiger partial charge on any atom is 0.317 e. The van der Waals surface area contributed by atoms with Crippen LogP contribution in [-0.4, -0.2) is 131 Å². The molecule has 3 N–H and O–H groups in total. The fraction of sp³-hybridized carbons (Fsp3) is 0.864. The van der Waals surface area contributed by atoms with Crippen molar-refractivity contribution in [2.24, 2.45) is 5.41 Å². The molecule has 32 heavy (non-hydrogen) atoms. The fourth-order valence-electron chi connectivity index (χ4n) is 3.97. The lowest BCUT2D eigenvalue weighted by Crippen LogP contribution is -2.45. The third-order valence-corrected chi connectivity index (χ3v) is 6.05. The molecule has 10 heteroatoms. The minimum Gasteiger partial charge on any atom is -0.480 e. The van der Waals surface area contributed by atoms with Crippen LogP contribution >= 0.6 is 0 Å². The minimum absolute atomic E-state index is 0.0314. The number of hydrogen-bond donors (Lipinski definition) is 3. The van der Waals surface area contributed by atoms with Crippen LogP contribution in [0, 0.1) is 5.41 Å². The normalized spacial score (nSPS) is 20.0. The van der Waals surface area contributed by atoms with Crippen molar-refractivity contribution in [3.05, 3.63) is 0 Å². The van der Waals surface area contributed by atoms with Gasteiger partial charge in [-0.1, -0.05) is 20.8 Å². The van der Waals surface area contributed by atoms with Gasteiger partial charge in [-0.15, -0.1) is 0 Å². The molecule has 1 heterocycles. The highest BCUT2D eigenvalue weighted by molar-refractivity contribution is 5.69. The van der Waals surface area contributed by atoms with E-state index in [0.29, 0.717) is 45.7 Å². The largest absolute Gasteiger partial charge is 0.480 e. The SMILES string of the molecule is CCC(C)(C)CN1CCCN(CC(=O)O)CCN(CC(=O)O)CCCN(CC(=O)O)CC1. The van der Waals surface area contributed by atoms with Crippen LogP contribution in [0.5, 0.6) is 0 Å². The number of carboxylic acid groups (broad SMARTS) is 3. The quantitative estimate of drug-likeness (QED) is 0.454. The zero-order valence-electron chi connectivity index (χ0n) is 20.0. The number of rotatable bonds is 9. The van der Waals surface area contributed by atoms with E-state index in [2.05, 4.69) is 25.7 Å². The molecular formula is C22H42N4O6. The van der Waals surface area contributed by atoms with Crippen molar-refractivity contribution in [3.63, 3.8) is 0 Å². The molecule has 0 aromatic carbocycles. The second-order valence-corrected chi connectivity index (χ2v) is 9.51. The van der Waals surface area contributed by atoms with E-state index in [1.54, 1.807) is 4.90 Å². The molecular weight excluding hydrogens is 416 g/mol. The summed E-state index contributed by atoms with van der Waals surface area (Å²) in [5, 5.41) is 27.8. The molecule has 1 aliphatic rings. The Morgan fingerprint density at radius 1 is 0.625 bits per heavy atom. The van der Waals surface area contributed by atoms with Gasteiger partial charge in [0.1, 0.15) is 0 Å². The lowest BCUT2D eigenvalue weighted by molar-refractivity contribution is -0.140. The summed E-state index contributed by atoms with van der Waals surface area (Å²) < 4.78 is 0. The third-order valence-electron chi connectivity index (χ3n) is 6.05. The lowest BCUT2D eigenvalue weighted by Gasteiger charge is -2.34. The summed E-state index contributed by atoms with van der Waals surface area (Å²) in [7, 11) is 0. The van der Waals surface area contributed by atoms with Crippen LogP contribution in [-0.2, 0) is 14.4 Å². The van der Waals surface area contributed by atoms with Gasteiger partial charge in [0.15, 0.2) is 0 Å². The molecule has 0 saturated carbocycles. The van der Waals surface area contributed by atoms with Gasteiger partial charge in [0.2, 0.25) is 0 Å². The first kappa shape index (κ1) is 28.3. The lowest BCUT2D eigenvalue weighted by atomic mass is 9.89. The highest BCUT2D eigenvalue weighted by atomic mass is 16.4. The van der Waals surface area contributed by atoms with E-state index in [9.17, 15) is 29.7 Å². The molecule has 0 unspecified atom stereocenters. The van der Waals surface area contributed by atoms with E-state index >= 15 is 0 Å². The smallest absolute Gasteiger partial charge is 0.317 e. The molecule has 10 nitrogen and oxygen atoms in total. The van der Waals surface area contributed by atoms with Crippen molar-refractivity contribution >= 4 is 17.9 Å². The van der Waals surface area contributed by atoms with Crippen LogP contribution in [0.25, 0.3) is 0 Å². The van der Waals surface area contributed by atoms with Gasteiger partial charge in [-0.25, -0.2) is 0 Å². The van der Waals surface area contributed by atoms with Crippen molar-refractivity contribution < 1.29 is 29.7 Å². The molecule has 0 radical (unpaired) electrons. The molecule has 0 spiro atoms. The molecule has 0 aromatic rings. The number of hydrogen-bond acceptors (Lipinski definition) is 7. The van der Waals surface area contributed by atoms with E-state index in [4.69, 9.17) is 0 Å². The van der Waals surface area contributed by atoms with Gasteiger partial charge in [0, 0.05) is 52.4 Å². The summed E-state index contributed by atoms with van der Waals surface area (Å²) in [4.78, 5) is 41.9. The van der Waals surface area contributed by atoms with Crippen LogP contribution < -0.4 is 0 Å². The van der Waals surface area contributed by atoms with Crippen molar-refractivity contribution in [1.82, 2.24) is 19.6 Å². The zero-order valence-corrected chi connectivity index (χ0v) is 20.0. The van der Waals surface area contributed by atoms with Crippen molar-refractivity contribution in [1.29, 1.82) is 0 Å². The predicted octanol–water partition coefficient (Wildman–Crippen LogP) is 0.678. The Bertz CT molecular complexity index is 601. The second kappa shape index (κ2) is 14.4. The number of aliphatic carboxylic acids is 3. The van der Waals surface area contributed by atoms with Gasteiger partial charge in [-0.05, 0) is 31.2 Å². The third kappa shape index (κ3) is 12.9. The Hall–Kier alpha value is -1.75. The van der Waals surface area contributed by atoms with Crippen LogP contribution in [0.15, 0.2) is 0 Å². The first-order valence-corrected chi connectivity index (χ1v) is 11.6. The Balaban J connectivity index is 2.94. The Morgan fingerprint density at radius 3 is 1.25 bits per heavy atom. The summed E-state index contributed by atoms with van der Waals surface area (Å²) in [6, 6.07) is 0. The Labute approximate surface area is 191 Å². The van der Waals surface area contributed by atoms with E-state index < -0.39 is 17.9 Å². The topological polar surface area (TPSA) is 125 Å². The van der Waals surface area contributed by atoms with Gasteiger partial charge in [-0.3, -0.25) is 29.1 Å². The summed E-state index contributed by atoms with van der Waals surface area (Å²) in [6.07, 6.45) is 2.48.